The van der Waals surface area contributed by atoms with E-state index in [1.165, 1.54) is 4.68 Å². The van der Waals surface area contributed by atoms with Gasteiger partial charge in [-0.25, -0.2) is 5.10 Å². The van der Waals surface area contributed by atoms with Crippen molar-refractivity contribution in [3.05, 3.63) is 71.3 Å². The molecule has 0 unspecified atom stereocenters. The molecule has 0 radical (unpaired) electrons. The van der Waals surface area contributed by atoms with Gasteiger partial charge in [0.15, 0.2) is 0 Å². The van der Waals surface area contributed by atoms with Crippen LogP contribution >= 0.6 is 12.2 Å². The zero-order chi connectivity index (χ0) is 17.1. The van der Waals surface area contributed by atoms with Crippen LogP contribution in [0.4, 0.5) is 0 Å². The summed E-state index contributed by atoms with van der Waals surface area (Å²) in [5, 5.41) is 18.7. The van der Waals surface area contributed by atoms with Gasteiger partial charge in [0.1, 0.15) is 5.69 Å². The Kier molecular flexibility index (Phi) is 4.01. The molecule has 3 aromatic heterocycles. The van der Waals surface area contributed by atoms with E-state index in [1.54, 1.807) is 12.4 Å². The summed E-state index contributed by atoms with van der Waals surface area (Å²) >= 11 is 5.26. The third-order valence-electron chi connectivity index (χ3n) is 3.53. The van der Waals surface area contributed by atoms with Gasteiger partial charge < -0.3 is 0 Å². The molecular formula is C17H13N7S. The maximum atomic E-state index is 5.26. The molecule has 0 aliphatic heterocycles. The highest BCUT2D eigenvalue weighted by Crippen LogP contribution is 2.22. The third kappa shape index (κ3) is 3.15. The summed E-state index contributed by atoms with van der Waals surface area (Å²) in [7, 11) is 0. The second-order valence-corrected chi connectivity index (χ2v) is 5.58. The van der Waals surface area contributed by atoms with Gasteiger partial charge in [-0.1, -0.05) is 36.4 Å². The lowest BCUT2D eigenvalue weighted by atomic mass is 10.1. The third-order valence-corrected chi connectivity index (χ3v) is 3.80. The summed E-state index contributed by atoms with van der Waals surface area (Å²) in [6.07, 6.45) is 3.33. The summed E-state index contributed by atoms with van der Waals surface area (Å²) in [4.78, 5) is 4.21. The Bertz CT molecular complexity index is 1060. The highest BCUT2D eigenvalue weighted by atomic mass is 32.1. The Balaban J connectivity index is 1.70. The predicted octanol–water partition coefficient (Wildman–Crippen LogP) is 3.27. The minimum absolute atomic E-state index is 0.387. The molecule has 0 saturated carbocycles. The average Bonchev–Trinajstić information content (AvgIpc) is 3.28. The first kappa shape index (κ1) is 15.2. The summed E-state index contributed by atoms with van der Waals surface area (Å²) < 4.78 is 1.92. The number of aromatic nitrogens is 6. The fourth-order valence-electron chi connectivity index (χ4n) is 2.34. The first-order valence-corrected chi connectivity index (χ1v) is 7.96. The topological polar surface area (TPSA) is 87.5 Å². The first-order valence-electron chi connectivity index (χ1n) is 7.55. The molecule has 4 rings (SSSR count). The number of nitrogens with one attached hydrogen (secondary N) is 2. The molecule has 8 heteroatoms. The average molecular weight is 347 g/mol. The summed E-state index contributed by atoms with van der Waals surface area (Å²) in [6.45, 7) is 0. The van der Waals surface area contributed by atoms with E-state index < -0.39 is 0 Å². The van der Waals surface area contributed by atoms with Crippen LogP contribution in [0.25, 0.3) is 22.8 Å². The highest BCUT2D eigenvalue weighted by molar-refractivity contribution is 7.71. The van der Waals surface area contributed by atoms with Gasteiger partial charge in [0.2, 0.25) is 10.6 Å². The fourth-order valence-corrected chi connectivity index (χ4v) is 2.51. The van der Waals surface area contributed by atoms with Crippen molar-refractivity contribution in [3.63, 3.8) is 0 Å². The molecule has 2 N–H and O–H groups in total. The lowest BCUT2D eigenvalue weighted by molar-refractivity contribution is 0.864. The van der Waals surface area contributed by atoms with Crippen molar-refractivity contribution in [2.75, 3.05) is 0 Å². The SMILES string of the molecule is S=c1[nH]nc(-c2cc(-c3ccccc3)n[nH]2)n1N=Cc1ccccn1. The largest absolute Gasteiger partial charge is 0.274 e. The van der Waals surface area contributed by atoms with Crippen LogP contribution in [0.15, 0.2) is 65.9 Å². The van der Waals surface area contributed by atoms with Gasteiger partial charge in [0.25, 0.3) is 0 Å². The van der Waals surface area contributed by atoms with Crippen LogP contribution in [0.2, 0.25) is 0 Å². The molecule has 0 saturated heterocycles. The molecule has 0 fully saturated rings. The van der Waals surface area contributed by atoms with Crippen molar-refractivity contribution in [3.8, 4) is 22.8 Å². The van der Waals surface area contributed by atoms with Gasteiger partial charge in [-0.2, -0.15) is 20.0 Å². The van der Waals surface area contributed by atoms with Gasteiger partial charge in [0.05, 0.1) is 17.6 Å². The Morgan fingerprint density at radius 2 is 1.84 bits per heavy atom. The molecule has 0 bridgehead atoms. The van der Waals surface area contributed by atoms with E-state index in [2.05, 4.69) is 30.5 Å². The smallest absolute Gasteiger partial charge is 0.216 e. The number of aromatic amines is 2. The molecular weight excluding hydrogens is 334 g/mol. The van der Waals surface area contributed by atoms with E-state index in [4.69, 9.17) is 12.2 Å². The summed E-state index contributed by atoms with van der Waals surface area (Å²) in [6, 6.07) is 17.4. The second-order valence-electron chi connectivity index (χ2n) is 5.20. The molecule has 25 heavy (non-hydrogen) atoms. The summed E-state index contributed by atoms with van der Waals surface area (Å²) in [5.74, 6) is 0.548. The minimum Gasteiger partial charge on any atom is -0.274 e. The fraction of sp³-hybridized carbons (Fsp3) is 0. The van der Waals surface area contributed by atoms with E-state index >= 15 is 0 Å². The van der Waals surface area contributed by atoms with Crippen LogP contribution < -0.4 is 0 Å². The molecule has 0 atom stereocenters. The van der Waals surface area contributed by atoms with Gasteiger partial charge in [-0.15, -0.1) is 0 Å². The number of H-pyrrole nitrogens is 2. The maximum absolute atomic E-state index is 5.26. The van der Waals surface area contributed by atoms with E-state index in [9.17, 15) is 0 Å². The van der Waals surface area contributed by atoms with Crippen molar-refractivity contribution in [2.24, 2.45) is 5.10 Å². The van der Waals surface area contributed by atoms with E-state index in [0.717, 1.165) is 17.0 Å². The molecule has 0 amide bonds. The van der Waals surface area contributed by atoms with Crippen LogP contribution in [-0.4, -0.2) is 36.3 Å². The minimum atomic E-state index is 0.387. The van der Waals surface area contributed by atoms with Gasteiger partial charge >= 0.3 is 0 Å². The standard InChI is InChI=1S/C17H13N7S/c25-17-23-22-16(24(17)19-11-13-8-4-5-9-18-13)15-10-14(20-21-15)12-6-2-1-3-7-12/h1-11H,(H,20,21)(H,23,25). The monoisotopic (exact) mass is 347 g/mol. The zero-order valence-corrected chi connectivity index (χ0v) is 13.8. The van der Waals surface area contributed by atoms with E-state index in [0.29, 0.717) is 16.3 Å². The molecule has 4 aromatic rings. The highest BCUT2D eigenvalue weighted by Gasteiger charge is 2.12. The Labute approximate surface area is 148 Å². The van der Waals surface area contributed by atoms with Gasteiger partial charge in [0, 0.05) is 11.8 Å². The Hall–Kier alpha value is -3.39. The van der Waals surface area contributed by atoms with Gasteiger partial charge in [-0.3, -0.25) is 10.1 Å². The molecule has 0 aliphatic rings. The van der Waals surface area contributed by atoms with E-state index in [-0.39, 0.29) is 0 Å². The summed E-state index contributed by atoms with van der Waals surface area (Å²) in [5.41, 5.74) is 3.28. The van der Waals surface area contributed by atoms with Crippen LogP contribution in [0.5, 0.6) is 0 Å². The van der Waals surface area contributed by atoms with Gasteiger partial charge in [-0.05, 0) is 30.4 Å². The van der Waals surface area contributed by atoms with Crippen LogP contribution in [-0.2, 0) is 0 Å². The molecule has 0 aliphatic carbocycles. The number of nitrogens with zero attached hydrogens (tertiary/aromatic N) is 5. The number of hydrogen-bond acceptors (Lipinski definition) is 5. The van der Waals surface area contributed by atoms with Crippen LogP contribution in [0.3, 0.4) is 0 Å². The zero-order valence-electron chi connectivity index (χ0n) is 13.0. The van der Waals surface area contributed by atoms with Crippen molar-refractivity contribution in [1.82, 2.24) is 30.1 Å². The molecule has 1 aromatic carbocycles. The Morgan fingerprint density at radius 1 is 1.00 bits per heavy atom. The molecule has 7 nitrogen and oxygen atoms in total. The number of rotatable bonds is 4. The lowest BCUT2D eigenvalue weighted by Crippen LogP contribution is -1.96. The number of hydrogen-bond donors (Lipinski definition) is 2. The second kappa shape index (κ2) is 6.62. The maximum Gasteiger partial charge on any atom is 0.216 e. The molecule has 3 heterocycles. The van der Waals surface area contributed by atoms with Crippen molar-refractivity contribution < 1.29 is 0 Å². The lowest BCUT2D eigenvalue weighted by Gasteiger charge is -1.97. The Morgan fingerprint density at radius 3 is 2.64 bits per heavy atom. The normalized spacial score (nSPS) is 11.2. The molecule has 122 valence electrons. The van der Waals surface area contributed by atoms with Crippen molar-refractivity contribution >= 4 is 18.4 Å². The molecule has 0 spiro atoms. The first-order chi connectivity index (χ1) is 12.3. The van der Waals surface area contributed by atoms with Crippen molar-refractivity contribution in [2.45, 2.75) is 0 Å². The van der Waals surface area contributed by atoms with E-state index in [1.807, 2.05) is 54.6 Å². The van der Waals surface area contributed by atoms with Crippen molar-refractivity contribution in [1.29, 1.82) is 0 Å². The van der Waals surface area contributed by atoms with Crippen LogP contribution in [0, 0.1) is 4.77 Å². The quantitative estimate of drug-likeness (QED) is 0.438. The number of pyridine rings is 1. The predicted molar refractivity (Wildman–Crippen MR) is 97.7 cm³/mol. The number of benzene rings is 1. The van der Waals surface area contributed by atoms with Crippen LogP contribution in [0.1, 0.15) is 5.69 Å².